The standard InChI is InChI=1S/C26H23N5O5/c1-15-21(13-27-25(33)23-19-5-3-4-6-20(19)30-31-23)29-26(35-15)16-7-9-17(10-8-16)28-24(32)22-12-11-18(36-22)14-34-2/h3-12H,13-14H2,1-2H3,(H,27,33)(H,28,32)(H,30,31). The van der Waals surface area contributed by atoms with Gasteiger partial charge in [0.05, 0.1) is 12.1 Å². The molecular weight excluding hydrogens is 462 g/mol. The van der Waals surface area contributed by atoms with Crippen LogP contribution in [-0.2, 0) is 17.9 Å². The summed E-state index contributed by atoms with van der Waals surface area (Å²) >= 11 is 0. The number of benzene rings is 2. The molecule has 36 heavy (non-hydrogen) atoms. The molecule has 0 radical (unpaired) electrons. The zero-order valence-electron chi connectivity index (χ0n) is 19.6. The molecule has 10 nitrogen and oxygen atoms in total. The van der Waals surface area contributed by atoms with Gasteiger partial charge in [-0.3, -0.25) is 14.7 Å². The van der Waals surface area contributed by atoms with Gasteiger partial charge >= 0.3 is 0 Å². The number of rotatable bonds is 8. The number of fused-ring (bicyclic) bond motifs is 1. The molecule has 0 aliphatic carbocycles. The van der Waals surface area contributed by atoms with Gasteiger partial charge in [0.25, 0.3) is 11.8 Å². The number of nitrogens with one attached hydrogen (secondary N) is 3. The highest BCUT2D eigenvalue weighted by atomic mass is 16.5. The number of methoxy groups -OCH3 is 1. The fourth-order valence-corrected chi connectivity index (χ4v) is 3.71. The number of nitrogens with zero attached hydrogens (tertiary/aromatic N) is 2. The first-order chi connectivity index (χ1) is 17.5. The number of anilines is 1. The van der Waals surface area contributed by atoms with Gasteiger partial charge in [0.15, 0.2) is 11.5 Å². The number of H-pyrrole nitrogens is 1. The van der Waals surface area contributed by atoms with E-state index in [2.05, 4.69) is 25.8 Å². The van der Waals surface area contributed by atoms with Crippen LogP contribution in [0.2, 0.25) is 0 Å². The maximum atomic E-state index is 12.6. The molecule has 3 heterocycles. The predicted molar refractivity (Wildman–Crippen MR) is 131 cm³/mol. The number of oxazole rings is 1. The molecule has 0 aliphatic heterocycles. The molecule has 182 valence electrons. The summed E-state index contributed by atoms with van der Waals surface area (Å²) in [5.74, 6) is 1.11. The zero-order chi connectivity index (χ0) is 25.1. The Balaban J connectivity index is 1.22. The van der Waals surface area contributed by atoms with E-state index in [1.807, 2.05) is 24.3 Å². The highest BCUT2D eigenvalue weighted by Crippen LogP contribution is 2.24. The Morgan fingerprint density at radius 3 is 2.61 bits per heavy atom. The Labute approximate surface area is 205 Å². The van der Waals surface area contributed by atoms with Crippen molar-refractivity contribution in [1.29, 1.82) is 0 Å². The number of aromatic nitrogens is 3. The van der Waals surface area contributed by atoms with Gasteiger partial charge in [-0.15, -0.1) is 0 Å². The molecule has 5 rings (SSSR count). The molecule has 3 aromatic heterocycles. The Hall–Kier alpha value is -4.70. The van der Waals surface area contributed by atoms with Crippen LogP contribution in [0.15, 0.2) is 69.5 Å². The lowest BCUT2D eigenvalue weighted by atomic mass is 10.2. The molecule has 0 fully saturated rings. The topological polar surface area (TPSA) is 135 Å². The first kappa shape index (κ1) is 23.1. The summed E-state index contributed by atoms with van der Waals surface area (Å²) in [7, 11) is 1.56. The van der Waals surface area contributed by atoms with Crippen LogP contribution >= 0.6 is 0 Å². The third-order valence-corrected chi connectivity index (χ3v) is 5.56. The van der Waals surface area contributed by atoms with E-state index in [0.29, 0.717) is 41.1 Å². The zero-order valence-corrected chi connectivity index (χ0v) is 19.6. The molecule has 0 bridgehead atoms. The maximum Gasteiger partial charge on any atom is 0.291 e. The molecule has 0 saturated carbocycles. The SMILES string of the molecule is COCc1ccc(C(=O)Nc2ccc(-c3nc(CNC(=O)c4n[nH]c5ccccc45)c(C)o3)cc2)o1. The second-order valence-corrected chi connectivity index (χ2v) is 8.05. The number of aryl methyl sites for hydroxylation is 1. The number of carbonyl (C=O) groups excluding carboxylic acids is 2. The molecule has 0 aliphatic rings. The van der Waals surface area contributed by atoms with Gasteiger partial charge in [-0.2, -0.15) is 5.10 Å². The summed E-state index contributed by atoms with van der Waals surface area (Å²) in [5.41, 5.74) is 3.05. The average Bonchev–Trinajstić information content (AvgIpc) is 3.62. The normalized spacial score (nSPS) is 11.1. The lowest BCUT2D eigenvalue weighted by Gasteiger charge is -2.04. The summed E-state index contributed by atoms with van der Waals surface area (Å²) in [6.45, 7) is 2.28. The van der Waals surface area contributed by atoms with Gasteiger partial charge in [0, 0.05) is 23.7 Å². The van der Waals surface area contributed by atoms with Crippen LogP contribution in [0, 0.1) is 6.92 Å². The van der Waals surface area contributed by atoms with Gasteiger partial charge in [-0.05, 0) is 49.4 Å². The van der Waals surface area contributed by atoms with Crippen molar-refractivity contribution in [1.82, 2.24) is 20.5 Å². The average molecular weight is 486 g/mol. The van der Waals surface area contributed by atoms with Gasteiger partial charge in [-0.25, -0.2) is 4.98 Å². The van der Waals surface area contributed by atoms with Crippen LogP contribution in [0.5, 0.6) is 0 Å². The predicted octanol–water partition coefficient (Wildman–Crippen LogP) is 4.45. The number of furan rings is 1. The van der Waals surface area contributed by atoms with E-state index >= 15 is 0 Å². The monoisotopic (exact) mass is 485 g/mol. The fraction of sp³-hybridized carbons (Fsp3) is 0.154. The summed E-state index contributed by atoms with van der Waals surface area (Å²) in [4.78, 5) is 29.6. The summed E-state index contributed by atoms with van der Waals surface area (Å²) in [6, 6.07) is 17.8. The number of amides is 2. The van der Waals surface area contributed by atoms with E-state index in [1.54, 1.807) is 50.4 Å². The van der Waals surface area contributed by atoms with Crippen LogP contribution < -0.4 is 10.6 Å². The van der Waals surface area contributed by atoms with Gasteiger partial charge in [-0.1, -0.05) is 18.2 Å². The third kappa shape index (κ3) is 4.75. The number of ether oxygens (including phenoxy) is 1. The quantitative estimate of drug-likeness (QED) is 0.295. The molecule has 0 saturated heterocycles. The van der Waals surface area contributed by atoms with E-state index in [9.17, 15) is 9.59 Å². The minimum Gasteiger partial charge on any atom is -0.453 e. The first-order valence-electron chi connectivity index (χ1n) is 11.2. The largest absolute Gasteiger partial charge is 0.453 e. The summed E-state index contributed by atoms with van der Waals surface area (Å²) < 4.78 is 16.3. The lowest BCUT2D eigenvalue weighted by molar-refractivity contribution is 0.0945. The van der Waals surface area contributed by atoms with Crippen molar-refractivity contribution in [2.24, 2.45) is 0 Å². The number of para-hydroxylation sites is 1. The molecule has 2 aromatic carbocycles. The molecule has 0 spiro atoms. The lowest BCUT2D eigenvalue weighted by Crippen LogP contribution is -2.23. The number of hydrogen-bond acceptors (Lipinski definition) is 7. The van der Waals surface area contributed by atoms with Crippen LogP contribution in [0.4, 0.5) is 5.69 Å². The van der Waals surface area contributed by atoms with Crippen LogP contribution in [0.1, 0.15) is 38.3 Å². The van der Waals surface area contributed by atoms with Gasteiger partial charge < -0.3 is 24.2 Å². The highest BCUT2D eigenvalue weighted by molar-refractivity contribution is 6.04. The van der Waals surface area contributed by atoms with Crippen molar-refractivity contribution < 1.29 is 23.2 Å². The minimum atomic E-state index is -0.361. The molecule has 3 N–H and O–H groups in total. The van der Waals surface area contributed by atoms with E-state index in [0.717, 1.165) is 16.5 Å². The third-order valence-electron chi connectivity index (χ3n) is 5.56. The van der Waals surface area contributed by atoms with Crippen LogP contribution in [0.25, 0.3) is 22.4 Å². The van der Waals surface area contributed by atoms with Crippen molar-refractivity contribution in [3.05, 3.63) is 89.3 Å². The summed E-state index contributed by atoms with van der Waals surface area (Å²) in [6.07, 6.45) is 0. The second kappa shape index (κ2) is 9.88. The maximum absolute atomic E-state index is 12.6. The van der Waals surface area contributed by atoms with Crippen molar-refractivity contribution >= 4 is 28.4 Å². The van der Waals surface area contributed by atoms with Gasteiger partial charge in [0.1, 0.15) is 23.8 Å². The van der Waals surface area contributed by atoms with Crippen molar-refractivity contribution in [3.63, 3.8) is 0 Å². The molecule has 0 atom stereocenters. The number of aromatic amines is 1. The smallest absolute Gasteiger partial charge is 0.291 e. The number of hydrogen-bond donors (Lipinski definition) is 3. The van der Waals surface area contributed by atoms with Crippen LogP contribution in [0.3, 0.4) is 0 Å². The van der Waals surface area contributed by atoms with Gasteiger partial charge in [0.2, 0.25) is 5.89 Å². The molecule has 2 amide bonds. The van der Waals surface area contributed by atoms with Crippen molar-refractivity contribution in [2.45, 2.75) is 20.1 Å². The van der Waals surface area contributed by atoms with E-state index < -0.39 is 0 Å². The molecule has 0 unspecified atom stereocenters. The molecule has 5 aromatic rings. The molecule has 10 heteroatoms. The van der Waals surface area contributed by atoms with E-state index in [1.165, 1.54) is 0 Å². The Morgan fingerprint density at radius 1 is 1.00 bits per heavy atom. The molecular formula is C26H23N5O5. The Bertz CT molecular complexity index is 1530. The first-order valence-corrected chi connectivity index (χ1v) is 11.2. The minimum absolute atomic E-state index is 0.192. The van der Waals surface area contributed by atoms with E-state index in [-0.39, 0.29) is 24.1 Å². The highest BCUT2D eigenvalue weighted by Gasteiger charge is 2.17. The second-order valence-electron chi connectivity index (χ2n) is 8.05. The van der Waals surface area contributed by atoms with Crippen molar-refractivity contribution in [2.75, 3.05) is 12.4 Å². The summed E-state index contributed by atoms with van der Waals surface area (Å²) in [5, 5.41) is 13.4. The van der Waals surface area contributed by atoms with E-state index in [4.69, 9.17) is 13.6 Å². The Kier molecular flexibility index (Phi) is 6.33. The van der Waals surface area contributed by atoms with Crippen LogP contribution in [-0.4, -0.2) is 34.1 Å². The fourth-order valence-electron chi connectivity index (χ4n) is 3.71. The number of carbonyl (C=O) groups is 2. The van der Waals surface area contributed by atoms with Crippen molar-refractivity contribution in [3.8, 4) is 11.5 Å². The Morgan fingerprint density at radius 2 is 1.81 bits per heavy atom.